The summed E-state index contributed by atoms with van der Waals surface area (Å²) in [6.07, 6.45) is 5.81. The first-order chi connectivity index (χ1) is 8.19. The lowest BCUT2D eigenvalue weighted by Gasteiger charge is -2.21. The van der Waals surface area contributed by atoms with Crippen molar-refractivity contribution in [2.75, 3.05) is 24.2 Å². The van der Waals surface area contributed by atoms with Gasteiger partial charge in [0.1, 0.15) is 23.7 Å². The predicted octanol–water partition coefficient (Wildman–Crippen LogP) is 1.50. The molecule has 6 heteroatoms. The fraction of sp³-hybridized carbons (Fsp3) is 0.545. The van der Waals surface area contributed by atoms with Crippen molar-refractivity contribution >= 4 is 23.5 Å². The third kappa shape index (κ3) is 3.59. The number of nitrogens with zero attached hydrogens (tertiary/aromatic N) is 3. The van der Waals surface area contributed by atoms with Crippen LogP contribution < -0.4 is 4.90 Å². The molecule has 0 bridgehead atoms. The highest BCUT2D eigenvalue weighted by Gasteiger charge is 2.26. The molecule has 5 nitrogen and oxygen atoms in total. The van der Waals surface area contributed by atoms with Crippen LogP contribution in [0.4, 0.5) is 5.82 Å². The summed E-state index contributed by atoms with van der Waals surface area (Å²) in [5.74, 6) is 0.510. The Morgan fingerprint density at radius 3 is 2.94 bits per heavy atom. The zero-order valence-corrected chi connectivity index (χ0v) is 10.5. The van der Waals surface area contributed by atoms with Gasteiger partial charge in [0.05, 0.1) is 0 Å². The molecular weight excluding hydrogens is 238 g/mol. The van der Waals surface area contributed by atoms with Gasteiger partial charge in [0.25, 0.3) is 0 Å². The highest BCUT2D eigenvalue weighted by molar-refractivity contribution is 7.98. The van der Waals surface area contributed by atoms with Crippen LogP contribution in [-0.2, 0) is 4.79 Å². The molecule has 1 saturated carbocycles. The molecule has 1 aliphatic rings. The first kappa shape index (κ1) is 12.2. The molecule has 0 spiro atoms. The summed E-state index contributed by atoms with van der Waals surface area (Å²) < 4.78 is 0. The van der Waals surface area contributed by atoms with Crippen molar-refractivity contribution in [1.29, 1.82) is 0 Å². The Balaban J connectivity index is 2.13. The van der Waals surface area contributed by atoms with Crippen molar-refractivity contribution in [3.05, 3.63) is 12.4 Å². The number of aliphatic carboxylic acids is 1. The van der Waals surface area contributed by atoms with Crippen LogP contribution in [0.25, 0.3) is 0 Å². The van der Waals surface area contributed by atoms with E-state index < -0.39 is 5.97 Å². The fourth-order valence-electron chi connectivity index (χ4n) is 1.63. The van der Waals surface area contributed by atoms with Crippen molar-refractivity contribution < 1.29 is 9.90 Å². The quantitative estimate of drug-likeness (QED) is 0.612. The molecule has 1 heterocycles. The lowest BCUT2D eigenvalue weighted by molar-refractivity contribution is -0.135. The molecule has 92 valence electrons. The van der Waals surface area contributed by atoms with E-state index in [1.807, 2.05) is 17.2 Å². The molecule has 0 aromatic carbocycles. The zero-order chi connectivity index (χ0) is 12.3. The van der Waals surface area contributed by atoms with Crippen molar-refractivity contribution in [3.63, 3.8) is 0 Å². The molecule has 1 fully saturated rings. The smallest absolute Gasteiger partial charge is 0.323 e. The van der Waals surface area contributed by atoms with Gasteiger partial charge >= 0.3 is 5.97 Å². The summed E-state index contributed by atoms with van der Waals surface area (Å²) in [5, 5.41) is 9.78. The van der Waals surface area contributed by atoms with E-state index in [1.54, 1.807) is 0 Å². The highest BCUT2D eigenvalue weighted by Crippen LogP contribution is 2.31. The SMILES string of the molecule is CSc1cc(N(CC(=O)O)CC2CC2)ncn1. The summed E-state index contributed by atoms with van der Waals surface area (Å²) in [6.45, 7) is 0.776. The molecule has 1 aliphatic carbocycles. The van der Waals surface area contributed by atoms with Crippen LogP contribution in [0.15, 0.2) is 17.4 Å². The van der Waals surface area contributed by atoms with Gasteiger partial charge < -0.3 is 10.0 Å². The van der Waals surface area contributed by atoms with E-state index in [0.29, 0.717) is 11.7 Å². The molecule has 0 aliphatic heterocycles. The number of hydrogen-bond donors (Lipinski definition) is 1. The first-order valence-electron chi connectivity index (χ1n) is 5.52. The number of thioether (sulfide) groups is 1. The molecule has 0 saturated heterocycles. The number of aromatic nitrogens is 2. The molecule has 1 aromatic rings. The molecule has 0 atom stereocenters. The van der Waals surface area contributed by atoms with Gasteiger partial charge in [-0.15, -0.1) is 11.8 Å². The number of carboxylic acid groups (broad SMARTS) is 1. The minimum absolute atomic E-state index is 0.00132. The van der Waals surface area contributed by atoms with Crippen molar-refractivity contribution in [2.45, 2.75) is 17.9 Å². The van der Waals surface area contributed by atoms with E-state index in [-0.39, 0.29) is 6.54 Å². The maximum absolute atomic E-state index is 10.8. The van der Waals surface area contributed by atoms with Gasteiger partial charge in [-0.1, -0.05) is 0 Å². The number of carboxylic acids is 1. The maximum atomic E-state index is 10.8. The van der Waals surface area contributed by atoms with Gasteiger partial charge in [-0.05, 0) is 25.0 Å². The predicted molar refractivity (Wildman–Crippen MR) is 66.4 cm³/mol. The average molecular weight is 253 g/mol. The Morgan fingerprint density at radius 2 is 2.35 bits per heavy atom. The van der Waals surface area contributed by atoms with Crippen LogP contribution in [0.1, 0.15) is 12.8 Å². The van der Waals surface area contributed by atoms with E-state index in [9.17, 15) is 4.79 Å². The van der Waals surface area contributed by atoms with Gasteiger partial charge in [0.15, 0.2) is 0 Å². The third-order valence-corrected chi connectivity index (χ3v) is 3.30. The van der Waals surface area contributed by atoms with Gasteiger partial charge in [-0.25, -0.2) is 9.97 Å². The van der Waals surface area contributed by atoms with Crippen molar-refractivity contribution in [3.8, 4) is 0 Å². The Bertz CT molecular complexity index is 409. The van der Waals surface area contributed by atoms with E-state index >= 15 is 0 Å². The number of hydrogen-bond acceptors (Lipinski definition) is 5. The second-order valence-electron chi connectivity index (χ2n) is 4.14. The Kier molecular flexibility index (Phi) is 3.83. The Morgan fingerprint density at radius 1 is 1.59 bits per heavy atom. The van der Waals surface area contributed by atoms with E-state index in [1.165, 1.54) is 30.9 Å². The number of rotatable bonds is 6. The molecule has 1 aromatic heterocycles. The summed E-state index contributed by atoms with van der Waals surface area (Å²) in [6, 6.07) is 1.84. The van der Waals surface area contributed by atoms with Crippen LogP contribution in [0.3, 0.4) is 0 Å². The third-order valence-electron chi connectivity index (χ3n) is 2.66. The standard InChI is InChI=1S/C11H15N3O2S/c1-17-10-4-9(12-7-13-10)14(6-11(15)16)5-8-2-3-8/h4,7-8H,2-3,5-6H2,1H3,(H,15,16). The van der Waals surface area contributed by atoms with Crippen LogP contribution in [0.5, 0.6) is 0 Å². The number of carbonyl (C=O) groups is 1. The molecule has 0 amide bonds. The molecule has 1 N–H and O–H groups in total. The van der Waals surface area contributed by atoms with Gasteiger partial charge in [0.2, 0.25) is 0 Å². The minimum Gasteiger partial charge on any atom is -0.480 e. The topological polar surface area (TPSA) is 66.3 Å². The number of anilines is 1. The van der Waals surface area contributed by atoms with Crippen molar-refractivity contribution in [1.82, 2.24) is 9.97 Å². The Hall–Kier alpha value is -1.30. The van der Waals surface area contributed by atoms with Gasteiger partial charge in [-0.2, -0.15) is 0 Å². The maximum Gasteiger partial charge on any atom is 0.323 e. The molecular formula is C11H15N3O2S. The molecule has 0 unspecified atom stereocenters. The van der Waals surface area contributed by atoms with Crippen LogP contribution in [0, 0.1) is 5.92 Å². The van der Waals surface area contributed by atoms with Crippen molar-refractivity contribution in [2.24, 2.45) is 5.92 Å². The largest absolute Gasteiger partial charge is 0.480 e. The van der Waals surface area contributed by atoms with Crippen LogP contribution >= 0.6 is 11.8 Å². The normalized spacial score (nSPS) is 14.6. The lowest BCUT2D eigenvalue weighted by atomic mass is 10.3. The zero-order valence-electron chi connectivity index (χ0n) is 9.67. The minimum atomic E-state index is -0.824. The summed E-state index contributed by atoms with van der Waals surface area (Å²) in [7, 11) is 0. The lowest BCUT2D eigenvalue weighted by Crippen LogP contribution is -2.32. The molecule has 17 heavy (non-hydrogen) atoms. The van der Waals surface area contributed by atoms with Gasteiger partial charge in [0, 0.05) is 12.6 Å². The second kappa shape index (κ2) is 5.35. The van der Waals surface area contributed by atoms with Crippen LogP contribution in [-0.4, -0.2) is 40.4 Å². The average Bonchev–Trinajstić information content (AvgIpc) is 3.12. The second-order valence-corrected chi connectivity index (χ2v) is 4.96. The first-order valence-corrected chi connectivity index (χ1v) is 6.74. The van der Waals surface area contributed by atoms with E-state index in [4.69, 9.17) is 5.11 Å². The molecule has 0 radical (unpaired) electrons. The molecule has 2 rings (SSSR count). The monoisotopic (exact) mass is 253 g/mol. The summed E-state index contributed by atoms with van der Waals surface area (Å²) >= 11 is 1.53. The van der Waals surface area contributed by atoms with Gasteiger partial charge in [-0.3, -0.25) is 4.79 Å². The fourth-order valence-corrected chi connectivity index (χ4v) is 2.00. The van der Waals surface area contributed by atoms with E-state index in [0.717, 1.165) is 11.6 Å². The summed E-state index contributed by atoms with van der Waals surface area (Å²) in [5.41, 5.74) is 0. The van der Waals surface area contributed by atoms with Crippen LogP contribution in [0.2, 0.25) is 0 Å². The highest BCUT2D eigenvalue weighted by atomic mass is 32.2. The summed E-state index contributed by atoms with van der Waals surface area (Å²) in [4.78, 5) is 20.9. The van der Waals surface area contributed by atoms with E-state index in [2.05, 4.69) is 9.97 Å². The Labute approximate surface area is 104 Å².